The molecule has 0 spiro atoms. The normalized spacial score (nSPS) is 20.9. The molecule has 1 fully saturated rings. The first-order valence-corrected chi connectivity index (χ1v) is 10.1. The van der Waals surface area contributed by atoms with Crippen molar-refractivity contribution < 1.29 is 14.7 Å². The number of carbonyl (C=O) groups is 2. The maximum absolute atomic E-state index is 13.4. The Bertz CT molecular complexity index is 1150. The zero-order chi connectivity index (χ0) is 21.0. The Morgan fingerprint density at radius 1 is 1.13 bits per heavy atom. The molecule has 7 heteroatoms. The number of nitrogens with one attached hydrogen (secondary N) is 1. The number of para-hydroxylation sites is 1. The number of aromatic amines is 1. The second-order valence-corrected chi connectivity index (χ2v) is 8.26. The van der Waals surface area contributed by atoms with Crippen LogP contribution in [-0.4, -0.2) is 70.0 Å². The summed E-state index contributed by atoms with van der Waals surface area (Å²) in [5.74, 6) is -0.0161. The molecule has 7 nitrogen and oxygen atoms in total. The number of H-pyrrole nitrogens is 1. The number of imide groups is 1. The van der Waals surface area contributed by atoms with E-state index in [0.29, 0.717) is 19.5 Å². The van der Waals surface area contributed by atoms with Crippen LogP contribution in [0, 0.1) is 0 Å². The summed E-state index contributed by atoms with van der Waals surface area (Å²) in [7, 11) is 3.84. The SMILES string of the molecule is CN(C)CCN1C(=O)[C@@H]2Cc3c([nH]c4ccccc34)[C@@H](c3cccc(O)c3)N2C1=O. The monoisotopic (exact) mass is 404 g/mol. The second kappa shape index (κ2) is 6.88. The Morgan fingerprint density at radius 2 is 1.93 bits per heavy atom. The molecule has 3 heterocycles. The minimum absolute atomic E-state index is 0.134. The quantitative estimate of drug-likeness (QED) is 0.656. The number of aromatic nitrogens is 1. The molecular weight excluding hydrogens is 380 g/mol. The molecule has 2 atom stereocenters. The predicted octanol–water partition coefficient (Wildman–Crippen LogP) is 2.71. The number of phenolic OH excluding ortho intramolecular Hbond substituents is 1. The molecule has 2 N–H and O–H groups in total. The first-order chi connectivity index (χ1) is 14.5. The van der Waals surface area contributed by atoms with Gasteiger partial charge in [-0.2, -0.15) is 0 Å². The van der Waals surface area contributed by atoms with E-state index in [9.17, 15) is 14.7 Å². The highest BCUT2D eigenvalue weighted by Gasteiger charge is 2.52. The van der Waals surface area contributed by atoms with E-state index in [0.717, 1.165) is 27.7 Å². The Kier molecular flexibility index (Phi) is 4.29. The highest BCUT2D eigenvalue weighted by molar-refractivity contribution is 6.05. The Balaban J connectivity index is 1.66. The van der Waals surface area contributed by atoms with Gasteiger partial charge in [0, 0.05) is 36.1 Å². The lowest BCUT2D eigenvalue weighted by atomic mass is 9.89. The minimum Gasteiger partial charge on any atom is -0.508 e. The van der Waals surface area contributed by atoms with Crippen molar-refractivity contribution in [2.45, 2.75) is 18.5 Å². The molecule has 5 rings (SSSR count). The number of fused-ring (bicyclic) bond motifs is 4. The van der Waals surface area contributed by atoms with E-state index in [2.05, 4.69) is 4.98 Å². The average molecular weight is 404 g/mol. The number of amides is 3. The van der Waals surface area contributed by atoms with E-state index < -0.39 is 12.1 Å². The molecule has 0 bridgehead atoms. The molecule has 3 amide bonds. The average Bonchev–Trinajstić information content (AvgIpc) is 3.20. The van der Waals surface area contributed by atoms with Gasteiger partial charge in [0.05, 0.1) is 0 Å². The fraction of sp³-hybridized carbons (Fsp3) is 0.304. The topological polar surface area (TPSA) is 79.9 Å². The third-order valence-corrected chi connectivity index (χ3v) is 6.09. The highest BCUT2D eigenvalue weighted by atomic mass is 16.3. The summed E-state index contributed by atoms with van der Waals surface area (Å²) < 4.78 is 0. The summed E-state index contributed by atoms with van der Waals surface area (Å²) in [6, 6.07) is 13.7. The minimum atomic E-state index is -0.543. The van der Waals surface area contributed by atoms with E-state index in [4.69, 9.17) is 0 Å². The summed E-state index contributed by atoms with van der Waals surface area (Å²) in [4.78, 5) is 35.1. The zero-order valence-corrected chi connectivity index (χ0v) is 17.0. The largest absolute Gasteiger partial charge is 0.508 e. The molecule has 0 radical (unpaired) electrons. The highest BCUT2D eigenvalue weighted by Crippen LogP contribution is 2.44. The van der Waals surface area contributed by atoms with Crippen molar-refractivity contribution >= 4 is 22.8 Å². The van der Waals surface area contributed by atoms with Crippen molar-refractivity contribution in [2.75, 3.05) is 27.2 Å². The second-order valence-electron chi connectivity index (χ2n) is 8.26. The summed E-state index contributed by atoms with van der Waals surface area (Å²) in [5, 5.41) is 11.2. The maximum Gasteiger partial charge on any atom is 0.328 e. The molecule has 1 aromatic heterocycles. The van der Waals surface area contributed by atoms with Gasteiger partial charge < -0.3 is 15.0 Å². The molecule has 0 aliphatic carbocycles. The molecule has 1 saturated heterocycles. The number of hydrogen-bond donors (Lipinski definition) is 2. The number of likely N-dealkylation sites (N-methyl/N-ethyl adjacent to an activating group) is 1. The van der Waals surface area contributed by atoms with E-state index >= 15 is 0 Å². The van der Waals surface area contributed by atoms with E-state index in [1.54, 1.807) is 23.1 Å². The lowest BCUT2D eigenvalue weighted by Crippen LogP contribution is -2.44. The first-order valence-electron chi connectivity index (χ1n) is 10.1. The summed E-state index contributed by atoms with van der Waals surface area (Å²) in [6.07, 6.45) is 0.484. The van der Waals surface area contributed by atoms with Gasteiger partial charge in [-0.15, -0.1) is 0 Å². The number of carbonyl (C=O) groups excluding carboxylic acids is 2. The van der Waals surface area contributed by atoms with Crippen LogP contribution < -0.4 is 0 Å². The van der Waals surface area contributed by atoms with Crippen molar-refractivity contribution in [3.63, 3.8) is 0 Å². The smallest absolute Gasteiger partial charge is 0.328 e. The fourth-order valence-corrected chi connectivity index (χ4v) is 4.68. The fourth-order valence-electron chi connectivity index (χ4n) is 4.68. The van der Waals surface area contributed by atoms with Crippen LogP contribution in [0.2, 0.25) is 0 Å². The zero-order valence-electron chi connectivity index (χ0n) is 17.0. The number of benzene rings is 2. The summed E-state index contributed by atoms with van der Waals surface area (Å²) in [5.41, 5.74) is 3.74. The Labute approximate surface area is 174 Å². The van der Waals surface area contributed by atoms with Crippen molar-refractivity contribution in [3.8, 4) is 5.75 Å². The first kappa shape index (κ1) is 18.7. The Hall–Kier alpha value is -3.32. The number of nitrogens with zero attached hydrogens (tertiary/aromatic N) is 3. The van der Waals surface area contributed by atoms with Crippen LogP contribution in [0.5, 0.6) is 5.75 Å². The number of rotatable bonds is 4. The predicted molar refractivity (Wildman–Crippen MR) is 113 cm³/mol. The van der Waals surface area contributed by atoms with Crippen LogP contribution in [0.15, 0.2) is 48.5 Å². The van der Waals surface area contributed by atoms with Gasteiger partial charge in [-0.1, -0.05) is 30.3 Å². The van der Waals surface area contributed by atoms with Gasteiger partial charge in [0.25, 0.3) is 5.91 Å². The van der Waals surface area contributed by atoms with Gasteiger partial charge in [0.2, 0.25) is 0 Å². The lowest BCUT2D eigenvalue weighted by molar-refractivity contribution is -0.128. The van der Waals surface area contributed by atoms with Crippen LogP contribution >= 0.6 is 0 Å². The van der Waals surface area contributed by atoms with Crippen LogP contribution in [0.4, 0.5) is 4.79 Å². The maximum atomic E-state index is 13.4. The standard InChI is InChI=1S/C23H24N4O3/c1-25(2)10-11-26-22(29)19-13-17-16-8-3-4-9-18(16)24-20(17)21(27(19)23(26)30)14-6-5-7-15(28)12-14/h3-9,12,19,21,24,28H,10-11,13H2,1-2H3/t19-,21+/m0/s1. The third-order valence-electron chi connectivity index (χ3n) is 6.09. The molecule has 0 saturated carbocycles. The van der Waals surface area contributed by atoms with Gasteiger partial charge in [-0.05, 0) is 43.4 Å². The van der Waals surface area contributed by atoms with Crippen molar-refractivity contribution in [3.05, 3.63) is 65.4 Å². The molecular formula is C23H24N4O3. The molecule has 2 aromatic carbocycles. The molecule has 154 valence electrons. The number of phenols is 1. The van der Waals surface area contributed by atoms with Gasteiger partial charge in [-0.25, -0.2) is 4.79 Å². The van der Waals surface area contributed by atoms with Crippen molar-refractivity contribution in [1.82, 2.24) is 19.7 Å². The van der Waals surface area contributed by atoms with Gasteiger partial charge in [-0.3, -0.25) is 14.6 Å². The van der Waals surface area contributed by atoms with Gasteiger partial charge >= 0.3 is 6.03 Å². The molecule has 2 aliphatic rings. The summed E-state index contributed by atoms with van der Waals surface area (Å²) in [6.45, 7) is 0.974. The summed E-state index contributed by atoms with van der Waals surface area (Å²) >= 11 is 0. The molecule has 30 heavy (non-hydrogen) atoms. The lowest BCUT2D eigenvalue weighted by Gasteiger charge is -2.36. The van der Waals surface area contributed by atoms with Crippen LogP contribution in [0.1, 0.15) is 22.9 Å². The molecule has 3 aromatic rings. The molecule has 2 aliphatic heterocycles. The van der Waals surface area contributed by atoms with Crippen molar-refractivity contribution in [1.29, 1.82) is 0 Å². The van der Waals surface area contributed by atoms with E-state index in [1.807, 2.05) is 49.3 Å². The van der Waals surface area contributed by atoms with Crippen LogP contribution in [0.25, 0.3) is 10.9 Å². The number of urea groups is 1. The molecule has 0 unspecified atom stereocenters. The van der Waals surface area contributed by atoms with Crippen LogP contribution in [0.3, 0.4) is 0 Å². The van der Waals surface area contributed by atoms with Crippen molar-refractivity contribution in [2.24, 2.45) is 0 Å². The number of hydrogen-bond acceptors (Lipinski definition) is 4. The Morgan fingerprint density at radius 3 is 2.70 bits per heavy atom. The van der Waals surface area contributed by atoms with E-state index in [1.165, 1.54) is 4.90 Å². The number of aromatic hydroxyl groups is 1. The van der Waals surface area contributed by atoms with Gasteiger partial charge in [0.1, 0.15) is 17.8 Å². The van der Waals surface area contributed by atoms with Gasteiger partial charge in [0.15, 0.2) is 0 Å². The van der Waals surface area contributed by atoms with E-state index in [-0.39, 0.29) is 17.7 Å². The third kappa shape index (κ3) is 2.77. The van der Waals surface area contributed by atoms with Crippen LogP contribution in [-0.2, 0) is 11.2 Å².